The molecule has 0 aromatic rings. The number of nitrogens with zero attached hydrogens (tertiary/aromatic N) is 1. The third kappa shape index (κ3) is 3.93. The van der Waals surface area contributed by atoms with Gasteiger partial charge in [-0.1, -0.05) is 6.92 Å². The van der Waals surface area contributed by atoms with Crippen molar-refractivity contribution in [1.29, 1.82) is 0 Å². The van der Waals surface area contributed by atoms with E-state index in [1.807, 2.05) is 0 Å². The highest BCUT2D eigenvalue weighted by Gasteiger charge is 2.40. The average Bonchev–Trinajstić information content (AvgIpc) is 2.63. The number of nitrogens with one attached hydrogen (secondary N) is 1. The lowest BCUT2D eigenvalue weighted by Gasteiger charge is -2.26. The summed E-state index contributed by atoms with van der Waals surface area (Å²) in [6.45, 7) is 7.67. The fourth-order valence-corrected chi connectivity index (χ4v) is 3.33. The van der Waals surface area contributed by atoms with Crippen LogP contribution in [0.1, 0.15) is 40.5 Å². The van der Waals surface area contributed by atoms with Crippen molar-refractivity contribution >= 4 is 16.2 Å². The van der Waals surface area contributed by atoms with Crippen LogP contribution in [0.5, 0.6) is 0 Å². The zero-order valence-electron chi connectivity index (χ0n) is 11.4. The maximum absolute atomic E-state index is 12.0. The van der Waals surface area contributed by atoms with Crippen molar-refractivity contribution in [1.82, 2.24) is 9.03 Å². The van der Waals surface area contributed by atoms with Crippen LogP contribution < -0.4 is 4.72 Å². The van der Waals surface area contributed by atoms with E-state index in [9.17, 15) is 13.2 Å². The second-order valence-electron chi connectivity index (χ2n) is 5.31. The van der Waals surface area contributed by atoms with Gasteiger partial charge in [0.25, 0.3) is 10.2 Å². The van der Waals surface area contributed by atoms with Gasteiger partial charge < -0.3 is 4.74 Å². The third-order valence-electron chi connectivity index (χ3n) is 2.52. The van der Waals surface area contributed by atoms with Crippen molar-refractivity contribution in [3.05, 3.63) is 0 Å². The van der Waals surface area contributed by atoms with E-state index in [0.717, 1.165) is 0 Å². The van der Waals surface area contributed by atoms with Gasteiger partial charge in [-0.3, -0.25) is 4.79 Å². The molecule has 1 heterocycles. The van der Waals surface area contributed by atoms with Gasteiger partial charge in [0.1, 0.15) is 11.6 Å². The van der Waals surface area contributed by atoms with E-state index in [2.05, 4.69) is 4.72 Å². The Labute approximate surface area is 109 Å². The molecule has 1 atom stereocenters. The number of ether oxygens (including phenoxy) is 1. The number of hydrogen-bond acceptors (Lipinski definition) is 4. The summed E-state index contributed by atoms with van der Waals surface area (Å²) in [6.07, 6.45) is 1.19. The standard InChI is InChI=1S/C11H22N2O4S/c1-5-12-18(15,16)13-8-6-7-9(13)10(14)17-11(2,3)4/h9,12H,5-8H2,1-4H3/t9-/m1/s1. The molecule has 0 spiro atoms. The molecule has 1 aliphatic heterocycles. The lowest BCUT2D eigenvalue weighted by atomic mass is 10.2. The molecule has 1 rings (SSSR count). The Morgan fingerprint density at radius 2 is 2.06 bits per heavy atom. The first-order valence-corrected chi connectivity index (χ1v) is 7.60. The maximum Gasteiger partial charge on any atom is 0.325 e. The molecule has 0 radical (unpaired) electrons. The van der Waals surface area contributed by atoms with Crippen LogP contribution in [0.4, 0.5) is 0 Å². The second kappa shape index (κ2) is 5.54. The predicted octanol–water partition coefficient (Wildman–Crippen LogP) is 0.647. The minimum absolute atomic E-state index is 0.305. The summed E-state index contributed by atoms with van der Waals surface area (Å²) in [6, 6.07) is -0.701. The molecule has 1 N–H and O–H groups in total. The zero-order valence-corrected chi connectivity index (χ0v) is 12.2. The Bertz CT molecular complexity index is 400. The van der Waals surface area contributed by atoms with E-state index in [1.165, 1.54) is 4.31 Å². The molecular weight excluding hydrogens is 256 g/mol. The van der Waals surface area contributed by atoms with E-state index in [0.29, 0.717) is 25.9 Å². The van der Waals surface area contributed by atoms with E-state index in [4.69, 9.17) is 4.74 Å². The highest BCUT2D eigenvalue weighted by atomic mass is 32.2. The van der Waals surface area contributed by atoms with Crippen LogP contribution in [0.2, 0.25) is 0 Å². The second-order valence-corrected chi connectivity index (χ2v) is 7.01. The van der Waals surface area contributed by atoms with Crippen LogP contribution >= 0.6 is 0 Å². The van der Waals surface area contributed by atoms with Gasteiger partial charge in [0.15, 0.2) is 0 Å². The molecule has 6 nitrogen and oxygen atoms in total. The third-order valence-corrected chi connectivity index (χ3v) is 4.23. The van der Waals surface area contributed by atoms with E-state index >= 15 is 0 Å². The Morgan fingerprint density at radius 3 is 2.56 bits per heavy atom. The summed E-state index contributed by atoms with van der Waals surface area (Å²) < 4.78 is 32.7. The van der Waals surface area contributed by atoms with Crippen molar-refractivity contribution in [2.75, 3.05) is 13.1 Å². The van der Waals surface area contributed by atoms with Crippen LogP contribution in [-0.2, 0) is 19.7 Å². The van der Waals surface area contributed by atoms with Gasteiger partial charge in [-0.25, -0.2) is 4.72 Å². The molecule has 0 saturated carbocycles. The quantitative estimate of drug-likeness (QED) is 0.766. The molecular formula is C11H22N2O4S. The number of rotatable bonds is 4. The maximum atomic E-state index is 12.0. The van der Waals surface area contributed by atoms with Gasteiger partial charge in [-0.2, -0.15) is 12.7 Å². The lowest BCUT2D eigenvalue weighted by molar-refractivity contribution is -0.158. The molecule has 7 heteroatoms. The minimum atomic E-state index is -3.58. The van der Waals surface area contributed by atoms with Crippen LogP contribution in [0.3, 0.4) is 0 Å². The summed E-state index contributed by atoms with van der Waals surface area (Å²) in [5.41, 5.74) is -0.604. The number of esters is 1. The monoisotopic (exact) mass is 278 g/mol. The fraction of sp³-hybridized carbons (Fsp3) is 0.909. The van der Waals surface area contributed by atoms with Gasteiger partial charge in [-0.05, 0) is 33.6 Å². The highest BCUT2D eigenvalue weighted by molar-refractivity contribution is 7.87. The van der Waals surface area contributed by atoms with Crippen LogP contribution in [0, 0.1) is 0 Å². The van der Waals surface area contributed by atoms with E-state index in [1.54, 1.807) is 27.7 Å². The fourth-order valence-electron chi connectivity index (χ4n) is 1.90. The Hall–Kier alpha value is -0.660. The van der Waals surface area contributed by atoms with Gasteiger partial charge in [0.05, 0.1) is 0 Å². The molecule has 1 saturated heterocycles. The van der Waals surface area contributed by atoms with Crippen LogP contribution in [0.25, 0.3) is 0 Å². The first-order chi connectivity index (χ1) is 8.17. The largest absolute Gasteiger partial charge is 0.459 e. The molecule has 0 aromatic carbocycles. The molecule has 0 amide bonds. The first kappa shape index (κ1) is 15.4. The molecule has 18 heavy (non-hydrogen) atoms. The predicted molar refractivity (Wildman–Crippen MR) is 68.2 cm³/mol. The molecule has 0 unspecified atom stereocenters. The van der Waals surface area contributed by atoms with Gasteiger partial charge in [0, 0.05) is 13.1 Å². The van der Waals surface area contributed by atoms with E-state index in [-0.39, 0.29) is 0 Å². The number of hydrogen-bond donors (Lipinski definition) is 1. The summed E-state index contributed by atoms with van der Waals surface area (Å²) in [4.78, 5) is 12.0. The summed E-state index contributed by atoms with van der Waals surface area (Å²) in [5, 5.41) is 0. The van der Waals surface area contributed by atoms with E-state index < -0.39 is 27.8 Å². The van der Waals surface area contributed by atoms with Gasteiger partial charge >= 0.3 is 5.97 Å². The lowest BCUT2D eigenvalue weighted by Crippen LogP contribution is -2.48. The van der Waals surface area contributed by atoms with Gasteiger partial charge in [0.2, 0.25) is 0 Å². The minimum Gasteiger partial charge on any atom is -0.459 e. The van der Waals surface area contributed by atoms with Crippen molar-refractivity contribution in [3.63, 3.8) is 0 Å². The molecule has 106 valence electrons. The van der Waals surface area contributed by atoms with Crippen LogP contribution in [0.15, 0.2) is 0 Å². The van der Waals surface area contributed by atoms with Crippen molar-refractivity contribution in [2.45, 2.75) is 52.2 Å². The summed E-state index contributed by atoms with van der Waals surface area (Å²) in [7, 11) is -3.58. The molecule has 0 aliphatic carbocycles. The Balaban J connectivity index is 2.80. The Kier molecular flexibility index (Phi) is 4.74. The number of carbonyl (C=O) groups is 1. The Morgan fingerprint density at radius 1 is 1.44 bits per heavy atom. The zero-order chi connectivity index (χ0) is 14.0. The van der Waals surface area contributed by atoms with Crippen molar-refractivity contribution < 1.29 is 17.9 Å². The normalized spacial score (nSPS) is 22.1. The van der Waals surface area contributed by atoms with Crippen molar-refractivity contribution in [2.24, 2.45) is 0 Å². The molecule has 0 aromatic heterocycles. The molecule has 1 fully saturated rings. The van der Waals surface area contributed by atoms with Crippen molar-refractivity contribution in [3.8, 4) is 0 Å². The highest BCUT2D eigenvalue weighted by Crippen LogP contribution is 2.23. The van der Waals surface area contributed by atoms with Crippen LogP contribution in [-0.4, -0.2) is 43.4 Å². The number of carbonyl (C=O) groups excluding carboxylic acids is 1. The summed E-state index contributed by atoms with van der Waals surface area (Å²) in [5.74, 6) is -0.471. The molecule has 1 aliphatic rings. The smallest absolute Gasteiger partial charge is 0.325 e. The topological polar surface area (TPSA) is 75.7 Å². The summed E-state index contributed by atoms with van der Waals surface area (Å²) >= 11 is 0. The first-order valence-electron chi connectivity index (χ1n) is 6.16. The average molecular weight is 278 g/mol. The van der Waals surface area contributed by atoms with Gasteiger partial charge in [-0.15, -0.1) is 0 Å². The molecule has 0 bridgehead atoms. The SMILES string of the molecule is CCNS(=O)(=O)N1CCC[C@@H]1C(=O)OC(C)(C)C.